The van der Waals surface area contributed by atoms with E-state index >= 15 is 0 Å². The molecule has 0 atom stereocenters. The van der Waals surface area contributed by atoms with Crippen LogP contribution in [0.2, 0.25) is 0 Å². The fraction of sp³-hybridized carbons (Fsp3) is 0.533. The SMILES string of the molecule is CC1(O)CC(n2cc(Br)cn2)C1.O=C1CC(n2cc(Br)cn2)C1. The van der Waals surface area contributed by atoms with Crippen molar-refractivity contribution in [3.05, 3.63) is 33.7 Å². The van der Waals surface area contributed by atoms with Crippen LogP contribution in [0.4, 0.5) is 0 Å². The van der Waals surface area contributed by atoms with Crippen molar-refractivity contribution in [1.29, 1.82) is 0 Å². The van der Waals surface area contributed by atoms with Crippen molar-refractivity contribution in [2.24, 2.45) is 0 Å². The highest BCUT2D eigenvalue weighted by Crippen LogP contribution is 2.40. The molecule has 0 bridgehead atoms. The predicted molar refractivity (Wildman–Crippen MR) is 92.0 cm³/mol. The standard InChI is InChI=1S/C8H11BrN2O.C7H7BrN2O/c1-8(12)2-7(3-8)11-5-6(9)4-10-11;8-5-3-9-10(4-5)6-1-7(11)2-6/h4-5,7,12H,2-3H2,1H3;3-4,6H,1-2H2. The minimum atomic E-state index is -0.469. The Labute approximate surface area is 151 Å². The summed E-state index contributed by atoms with van der Waals surface area (Å²) in [4.78, 5) is 10.6. The molecule has 8 heteroatoms. The maximum absolute atomic E-state index is 10.6. The summed E-state index contributed by atoms with van der Waals surface area (Å²) in [5, 5.41) is 17.8. The van der Waals surface area contributed by atoms with Gasteiger partial charge in [-0.2, -0.15) is 10.2 Å². The van der Waals surface area contributed by atoms with Crippen LogP contribution in [0.3, 0.4) is 0 Å². The van der Waals surface area contributed by atoms with Gasteiger partial charge in [-0.1, -0.05) is 0 Å². The number of carbonyl (C=O) groups excluding carboxylic acids is 1. The van der Waals surface area contributed by atoms with Crippen LogP contribution in [-0.2, 0) is 4.79 Å². The molecule has 23 heavy (non-hydrogen) atoms. The average molecular weight is 446 g/mol. The van der Waals surface area contributed by atoms with E-state index in [-0.39, 0.29) is 0 Å². The molecule has 2 fully saturated rings. The van der Waals surface area contributed by atoms with Gasteiger partial charge in [-0.15, -0.1) is 0 Å². The van der Waals surface area contributed by atoms with Crippen molar-refractivity contribution in [1.82, 2.24) is 19.6 Å². The highest BCUT2D eigenvalue weighted by Gasteiger charge is 2.39. The second kappa shape index (κ2) is 6.49. The second-order valence-electron chi connectivity index (χ2n) is 6.44. The Bertz CT molecular complexity index is 694. The lowest BCUT2D eigenvalue weighted by atomic mass is 9.77. The lowest BCUT2D eigenvalue weighted by molar-refractivity contribution is -0.126. The van der Waals surface area contributed by atoms with E-state index in [0.29, 0.717) is 30.7 Å². The predicted octanol–water partition coefficient (Wildman–Crippen LogP) is 3.28. The molecule has 0 aliphatic heterocycles. The number of halogens is 2. The zero-order valence-electron chi connectivity index (χ0n) is 12.7. The third-order valence-corrected chi connectivity index (χ3v) is 4.98. The van der Waals surface area contributed by atoms with Crippen LogP contribution in [0.1, 0.15) is 44.7 Å². The van der Waals surface area contributed by atoms with Crippen molar-refractivity contribution in [3.8, 4) is 0 Å². The summed E-state index contributed by atoms with van der Waals surface area (Å²) >= 11 is 6.64. The number of rotatable bonds is 2. The van der Waals surface area contributed by atoms with Gasteiger partial charge in [0.1, 0.15) is 5.78 Å². The highest BCUT2D eigenvalue weighted by atomic mass is 79.9. The van der Waals surface area contributed by atoms with Gasteiger partial charge in [0.25, 0.3) is 0 Å². The van der Waals surface area contributed by atoms with Gasteiger partial charge in [-0.05, 0) is 51.6 Å². The monoisotopic (exact) mass is 444 g/mol. The van der Waals surface area contributed by atoms with E-state index in [9.17, 15) is 9.90 Å². The van der Waals surface area contributed by atoms with E-state index in [1.54, 1.807) is 12.4 Å². The molecule has 1 N–H and O–H groups in total. The minimum Gasteiger partial charge on any atom is -0.390 e. The van der Waals surface area contributed by atoms with E-state index in [1.165, 1.54) is 0 Å². The maximum Gasteiger partial charge on any atom is 0.137 e. The van der Waals surface area contributed by atoms with Gasteiger partial charge in [-0.3, -0.25) is 14.2 Å². The number of aliphatic hydroxyl groups is 1. The number of ketones is 1. The molecule has 0 unspecified atom stereocenters. The highest BCUT2D eigenvalue weighted by molar-refractivity contribution is 9.10. The van der Waals surface area contributed by atoms with E-state index in [0.717, 1.165) is 21.8 Å². The fourth-order valence-corrected chi connectivity index (χ4v) is 3.43. The number of nitrogens with zero attached hydrogens (tertiary/aromatic N) is 4. The molecule has 0 amide bonds. The summed E-state index contributed by atoms with van der Waals surface area (Å²) in [6.45, 7) is 1.86. The van der Waals surface area contributed by atoms with E-state index in [1.807, 2.05) is 28.7 Å². The van der Waals surface area contributed by atoms with Gasteiger partial charge in [0.2, 0.25) is 0 Å². The molecule has 4 rings (SSSR count). The molecule has 2 aliphatic carbocycles. The Balaban J connectivity index is 0.000000136. The molecule has 2 saturated carbocycles. The molecule has 2 aromatic heterocycles. The molecule has 2 heterocycles. The Morgan fingerprint density at radius 2 is 1.57 bits per heavy atom. The Hall–Kier alpha value is -0.990. The van der Waals surface area contributed by atoms with Crippen molar-refractivity contribution >= 4 is 37.6 Å². The summed E-state index contributed by atoms with van der Waals surface area (Å²) in [6, 6.07) is 0.695. The average Bonchev–Trinajstić information content (AvgIpc) is 3.02. The lowest BCUT2D eigenvalue weighted by Gasteiger charge is -2.40. The Morgan fingerprint density at radius 3 is 1.91 bits per heavy atom. The minimum absolute atomic E-state index is 0.314. The first-order valence-electron chi connectivity index (χ1n) is 7.46. The number of aromatic nitrogens is 4. The molecule has 0 aromatic carbocycles. The summed E-state index contributed by atoms with van der Waals surface area (Å²) in [5.41, 5.74) is -0.469. The first-order chi connectivity index (χ1) is 10.8. The topological polar surface area (TPSA) is 72.9 Å². The van der Waals surface area contributed by atoms with Gasteiger partial charge in [0.15, 0.2) is 0 Å². The van der Waals surface area contributed by atoms with Crippen molar-refractivity contribution in [2.75, 3.05) is 0 Å². The first-order valence-corrected chi connectivity index (χ1v) is 9.04. The summed E-state index contributed by atoms with van der Waals surface area (Å²) in [6.07, 6.45) is 10.3. The molecule has 0 spiro atoms. The quantitative estimate of drug-likeness (QED) is 0.769. The molecule has 6 nitrogen and oxygen atoms in total. The van der Waals surface area contributed by atoms with Crippen LogP contribution < -0.4 is 0 Å². The summed E-state index contributed by atoms with van der Waals surface area (Å²) in [7, 11) is 0. The molecule has 0 saturated heterocycles. The Morgan fingerprint density at radius 1 is 1.09 bits per heavy atom. The molecule has 2 aliphatic rings. The number of hydrogen-bond donors (Lipinski definition) is 1. The van der Waals surface area contributed by atoms with E-state index in [2.05, 4.69) is 42.1 Å². The van der Waals surface area contributed by atoms with Gasteiger partial charge >= 0.3 is 0 Å². The molecule has 124 valence electrons. The lowest BCUT2D eigenvalue weighted by Crippen LogP contribution is -2.42. The molecule has 0 radical (unpaired) electrons. The van der Waals surface area contributed by atoms with Crippen LogP contribution in [0.25, 0.3) is 0 Å². The first kappa shape index (κ1) is 16.9. The van der Waals surface area contributed by atoms with Crippen molar-refractivity contribution in [3.63, 3.8) is 0 Å². The number of Topliss-reactive ketones (excluding diaryl/α,β-unsaturated/α-hetero) is 1. The van der Waals surface area contributed by atoms with Gasteiger partial charge < -0.3 is 5.11 Å². The maximum atomic E-state index is 10.6. The van der Waals surface area contributed by atoms with Crippen LogP contribution in [0.15, 0.2) is 33.7 Å². The zero-order chi connectivity index (χ0) is 16.6. The van der Waals surface area contributed by atoms with Crippen LogP contribution in [0.5, 0.6) is 0 Å². The molecular formula is C15H18Br2N4O2. The van der Waals surface area contributed by atoms with Crippen LogP contribution >= 0.6 is 31.9 Å². The van der Waals surface area contributed by atoms with Crippen molar-refractivity contribution in [2.45, 2.75) is 50.3 Å². The zero-order valence-corrected chi connectivity index (χ0v) is 15.9. The largest absolute Gasteiger partial charge is 0.390 e. The van der Waals surface area contributed by atoms with Crippen molar-refractivity contribution < 1.29 is 9.90 Å². The molecule has 2 aromatic rings. The van der Waals surface area contributed by atoms with Gasteiger partial charge in [0, 0.05) is 25.2 Å². The third kappa shape index (κ3) is 4.10. The van der Waals surface area contributed by atoms with Gasteiger partial charge in [-0.25, -0.2) is 0 Å². The summed E-state index contributed by atoms with van der Waals surface area (Å²) in [5.74, 6) is 0.335. The van der Waals surface area contributed by atoms with Gasteiger partial charge in [0.05, 0.1) is 39.0 Å². The Kier molecular flexibility index (Phi) is 4.75. The third-order valence-electron chi connectivity index (χ3n) is 4.17. The number of carbonyl (C=O) groups is 1. The van der Waals surface area contributed by atoms with E-state index < -0.39 is 5.60 Å². The van der Waals surface area contributed by atoms with E-state index in [4.69, 9.17) is 0 Å². The van der Waals surface area contributed by atoms with Crippen LogP contribution in [-0.4, -0.2) is 36.1 Å². The summed E-state index contributed by atoms with van der Waals surface area (Å²) < 4.78 is 5.71. The fourth-order valence-electron chi connectivity index (χ4n) is 2.82. The molecular weight excluding hydrogens is 428 g/mol. The smallest absolute Gasteiger partial charge is 0.137 e. The van der Waals surface area contributed by atoms with Crippen LogP contribution in [0, 0.1) is 0 Å². The normalized spacial score (nSPS) is 27.0. The number of hydrogen-bond acceptors (Lipinski definition) is 4. The second-order valence-corrected chi connectivity index (χ2v) is 8.27.